The van der Waals surface area contributed by atoms with E-state index in [0.29, 0.717) is 13.0 Å². The number of anilines is 1. The minimum atomic E-state index is -0.671. The quantitative estimate of drug-likeness (QED) is 0.619. The predicted molar refractivity (Wildman–Crippen MR) is 121 cm³/mol. The molecular weight excluding hydrogens is 414 g/mol. The number of aliphatic hydroxyl groups is 1. The first-order chi connectivity index (χ1) is 14.8. The van der Waals surface area contributed by atoms with Crippen molar-refractivity contribution in [2.24, 2.45) is 17.8 Å². The van der Waals surface area contributed by atoms with Crippen molar-refractivity contribution in [2.75, 3.05) is 25.5 Å². The molecule has 2 bridgehead atoms. The van der Waals surface area contributed by atoms with Crippen molar-refractivity contribution in [1.82, 2.24) is 10.2 Å². The standard InChI is InChI=1S/C23H31N3O4S/c1-12-7-5-8-13(2)18(12)25-21(29)19-23-14(3)11-15(31-23)16(20(28)24-4)17(23)22(30)26(19)9-6-10-27/h5,7-8,14-17,19,27H,6,9-11H2,1-4H3,(H,24,28)(H,25,29)/t14?,15-,16+,17-,19?,23?/m0/s1. The first-order valence-corrected chi connectivity index (χ1v) is 11.8. The van der Waals surface area contributed by atoms with Crippen LogP contribution in [0.2, 0.25) is 0 Å². The van der Waals surface area contributed by atoms with Gasteiger partial charge < -0.3 is 20.6 Å². The summed E-state index contributed by atoms with van der Waals surface area (Å²) in [5.41, 5.74) is 2.71. The fraction of sp³-hybridized carbons (Fsp3) is 0.609. The Morgan fingerprint density at radius 1 is 1.26 bits per heavy atom. The van der Waals surface area contributed by atoms with Crippen molar-refractivity contribution in [1.29, 1.82) is 0 Å². The average molecular weight is 446 g/mol. The largest absolute Gasteiger partial charge is 0.396 e. The molecule has 1 spiro atoms. The van der Waals surface area contributed by atoms with Crippen LogP contribution in [0.15, 0.2) is 18.2 Å². The second-order valence-corrected chi connectivity index (χ2v) is 10.6. The lowest BCUT2D eigenvalue weighted by molar-refractivity contribution is -0.139. The van der Waals surface area contributed by atoms with Crippen LogP contribution < -0.4 is 10.6 Å². The third kappa shape index (κ3) is 3.18. The SMILES string of the molecule is CNC(=O)[C@@H]1[C@@H]2CC(C)C3(S2)C(C(=O)Nc2c(C)cccc2C)N(CCCO)C(=O)[C@H]13. The number of carbonyl (C=O) groups is 3. The fourth-order valence-corrected chi connectivity index (χ4v) is 8.39. The number of benzene rings is 1. The molecule has 1 aromatic carbocycles. The van der Waals surface area contributed by atoms with Crippen LogP contribution in [0.25, 0.3) is 0 Å². The molecule has 3 N–H and O–H groups in total. The van der Waals surface area contributed by atoms with E-state index in [-0.39, 0.29) is 35.5 Å². The van der Waals surface area contributed by atoms with E-state index in [2.05, 4.69) is 17.6 Å². The molecule has 8 heteroatoms. The highest BCUT2D eigenvalue weighted by Gasteiger charge is 2.75. The molecule has 0 aromatic heterocycles. The highest BCUT2D eigenvalue weighted by atomic mass is 32.2. The second kappa shape index (κ2) is 8.13. The Kier molecular flexibility index (Phi) is 5.81. The van der Waals surface area contributed by atoms with Crippen molar-refractivity contribution in [3.8, 4) is 0 Å². The van der Waals surface area contributed by atoms with Crippen molar-refractivity contribution in [2.45, 2.75) is 49.7 Å². The molecule has 3 aliphatic heterocycles. The van der Waals surface area contributed by atoms with Gasteiger partial charge in [-0.25, -0.2) is 0 Å². The normalized spacial score (nSPS) is 33.5. The lowest BCUT2D eigenvalue weighted by Crippen LogP contribution is -2.55. The summed E-state index contributed by atoms with van der Waals surface area (Å²) in [6, 6.07) is 5.18. The van der Waals surface area contributed by atoms with E-state index in [1.54, 1.807) is 23.7 Å². The molecule has 6 atom stereocenters. The number of nitrogens with zero attached hydrogens (tertiary/aromatic N) is 1. The first kappa shape index (κ1) is 22.1. The number of fused-ring (bicyclic) bond motifs is 1. The van der Waals surface area contributed by atoms with Crippen LogP contribution >= 0.6 is 11.8 Å². The summed E-state index contributed by atoms with van der Waals surface area (Å²) >= 11 is 1.66. The molecule has 3 aliphatic rings. The van der Waals surface area contributed by atoms with Crippen molar-refractivity contribution in [3.63, 3.8) is 0 Å². The Balaban J connectivity index is 1.76. The number of likely N-dealkylation sites (tertiary alicyclic amines) is 1. The highest BCUT2D eigenvalue weighted by molar-refractivity contribution is 8.02. The smallest absolute Gasteiger partial charge is 0.248 e. The number of aryl methyl sites for hydroxylation is 2. The summed E-state index contributed by atoms with van der Waals surface area (Å²) in [6.07, 6.45) is 1.21. The number of amides is 3. The summed E-state index contributed by atoms with van der Waals surface area (Å²) < 4.78 is -0.630. The summed E-state index contributed by atoms with van der Waals surface area (Å²) in [4.78, 5) is 41.8. The molecule has 0 radical (unpaired) electrons. The maximum absolute atomic E-state index is 13.8. The predicted octanol–water partition coefficient (Wildman–Crippen LogP) is 1.71. The maximum Gasteiger partial charge on any atom is 0.248 e. The first-order valence-electron chi connectivity index (χ1n) is 11.0. The third-order valence-electron chi connectivity index (χ3n) is 7.33. The molecule has 7 nitrogen and oxygen atoms in total. The molecule has 3 unspecified atom stereocenters. The Hall–Kier alpha value is -2.06. The Bertz CT molecular complexity index is 902. The van der Waals surface area contributed by atoms with Crippen LogP contribution in [0, 0.1) is 31.6 Å². The van der Waals surface area contributed by atoms with Gasteiger partial charge in [-0.3, -0.25) is 14.4 Å². The number of hydrogen-bond acceptors (Lipinski definition) is 5. The number of hydrogen-bond donors (Lipinski definition) is 3. The number of thioether (sulfide) groups is 1. The van der Waals surface area contributed by atoms with Gasteiger partial charge in [-0.1, -0.05) is 25.1 Å². The number of aliphatic hydroxyl groups excluding tert-OH is 1. The second-order valence-electron chi connectivity index (χ2n) is 9.03. The molecule has 168 valence electrons. The fourth-order valence-electron chi connectivity index (χ4n) is 5.97. The molecule has 4 rings (SSSR count). The van der Waals surface area contributed by atoms with Gasteiger partial charge >= 0.3 is 0 Å². The monoisotopic (exact) mass is 445 g/mol. The zero-order valence-electron chi connectivity index (χ0n) is 18.5. The molecule has 0 saturated carbocycles. The van der Waals surface area contributed by atoms with Gasteiger partial charge in [-0.15, -0.1) is 11.8 Å². The van der Waals surface area contributed by atoms with Crippen LogP contribution in [-0.2, 0) is 14.4 Å². The minimum absolute atomic E-state index is 0.0411. The van der Waals surface area contributed by atoms with Gasteiger partial charge in [-0.05, 0) is 43.7 Å². The van der Waals surface area contributed by atoms with E-state index >= 15 is 0 Å². The zero-order valence-corrected chi connectivity index (χ0v) is 19.3. The van der Waals surface area contributed by atoms with Crippen LogP contribution in [0.1, 0.15) is 30.9 Å². The molecular formula is C23H31N3O4S. The topological polar surface area (TPSA) is 98.7 Å². The maximum atomic E-state index is 13.8. The average Bonchev–Trinajstić information content (AvgIpc) is 3.32. The highest BCUT2D eigenvalue weighted by Crippen LogP contribution is 2.68. The summed E-state index contributed by atoms with van der Waals surface area (Å²) in [7, 11) is 1.60. The van der Waals surface area contributed by atoms with Crippen LogP contribution in [0.5, 0.6) is 0 Å². The zero-order chi connectivity index (χ0) is 22.5. The molecule has 3 saturated heterocycles. The van der Waals surface area contributed by atoms with Crippen molar-refractivity contribution in [3.05, 3.63) is 29.3 Å². The van der Waals surface area contributed by atoms with Crippen molar-refractivity contribution < 1.29 is 19.5 Å². The van der Waals surface area contributed by atoms with E-state index in [1.165, 1.54) is 0 Å². The summed E-state index contributed by atoms with van der Waals surface area (Å²) in [5, 5.41) is 15.3. The van der Waals surface area contributed by atoms with Gasteiger partial charge in [0.05, 0.1) is 16.6 Å². The summed E-state index contributed by atoms with van der Waals surface area (Å²) in [6.45, 7) is 6.25. The van der Waals surface area contributed by atoms with Gasteiger partial charge in [0, 0.05) is 31.1 Å². The lowest BCUT2D eigenvalue weighted by Gasteiger charge is -2.38. The molecule has 1 aromatic rings. The van der Waals surface area contributed by atoms with Crippen molar-refractivity contribution >= 4 is 35.2 Å². The van der Waals surface area contributed by atoms with E-state index in [4.69, 9.17) is 0 Å². The number of rotatable bonds is 6. The summed E-state index contributed by atoms with van der Waals surface area (Å²) in [5.74, 6) is -1.27. The Labute approximate surface area is 187 Å². The molecule has 3 amide bonds. The van der Waals surface area contributed by atoms with Crippen LogP contribution in [-0.4, -0.2) is 64.0 Å². The Morgan fingerprint density at radius 2 is 1.94 bits per heavy atom. The lowest BCUT2D eigenvalue weighted by atomic mass is 9.66. The van der Waals surface area contributed by atoms with Gasteiger partial charge in [0.2, 0.25) is 17.7 Å². The number of carbonyl (C=O) groups excluding carboxylic acids is 3. The van der Waals surface area contributed by atoms with Gasteiger partial charge in [-0.2, -0.15) is 0 Å². The Morgan fingerprint density at radius 3 is 2.55 bits per heavy atom. The van der Waals surface area contributed by atoms with E-state index < -0.39 is 22.6 Å². The molecule has 31 heavy (non-hydrogen) atoms. The van der Waals surface area contributed by atoms with Gasteiger partial charge in [0.25, 0.3) is 0 Å². The van der Waals surface area contributed by atoms with Gasteiger partial charge in [0.15, 0.2) is 0 Å². The van der Waals surface area contributed by atoms with E-state index in [9.17, 15) is 19.5 Å². The van der Waals surface area contributed by atoms with Crippen LogP contribution in [0.3, 0.4) is 0 Å². The molecule has 3 fully saturated rings. The van der Waals surface area contributed by atoms with E-state index in [1.807, 2.05) is 32.0 Å². The number of nitrogens with one attached hydrogen (secondary N) is 2. The van der Waals surface area contributed by atoms with E-state index in [0.717, 1.165) is 23.2 Å². The van der Waals surface area contributed by atoms with Crippen LogP contribution in [0.4, 0.5) is 5.69 Å². The third-order valence-corrected chi connectivity index (χ3v) is 9.41. The van der Waals surface area contributed by atoms with Gasteiger partial charge in [0.1, 0.15) is 6.04 Å². The molecule has 0 aliphatic carbocycles. The number of para-hydroxylation sites is 1. The molecule has 3 heterocycles. The minimum Gasteiger partial charge on any atom is -0.396 e.